The summed E-state index contributed by atoms with van der Waals surface area (Å²) in [5.41, 5.74) is 0. The Balaban J connectivity index is 2.43. The molecule has 0 radical (unpaired) electrons. The Labute approximate surface area is 64.2 Å². The molecule has 1 aromatic rings. The summed E-state index contributed by atoms with van der Waals surface area (Å²) in [5, 5.41) is 0. The monoisotopic (exact) mass is 155 g/mol. The fraction of sp³-hybridized carbons (Fsp3) is 0.429. The summed E-state index contributed by atoms with van der Waals surface area (Å²) in [4.78, 5) is 14.5. The van der Waals surface area contributed by atoms with Crippen LogP contribution < -0.4 is 0 Å². The van der Waals surface area contributed by atoms with Crippen molar-refractivity contribution >= 4 is 5.97 Å². The Morgan fingerprint density at radius 2 is 2.64 bits per heavy atom. The largest absolute Gasteiger partial charge is 0.459 e. The highest BCUT2D eigenvalue weighted by Crippen LogP contribution is 1.97. The first-order valence-corrected chi connectivity index (χ1v) is 3.41. The van der Waals surface area contributed by atoms with Crippen molar-refractivity contribution in [3.8, 4) is 0 Å². The molecule has 0 saturated heterocycles. The van der Waals surface area contributed by atoms with E-state index < -0.39 is 5.97 Å². The standard InChI is InChI=1S/C7H9NO3/c1-2-4-11-7(9)6-8-3-5-10-6/h3,5H,2,4H2,1H3. The number of carbonyl (C=O) groups is 1. The first kappa shape index (κ1) is 7.78. The molecule has 1 heterocycles. The fourth-order valence-electron chi connectivity index (χ4n) is 0.581. The molecule has 0 bridgehead atoms. The molecule has 0 aliphatic carbocycles. The summed E-state index contributed by atoms with van der Waals surface area (Å²) in [5.74, 6) is -0.490. The summed E-state index contributed by atoms with van der Waals surface area (Å²) in [7, 11) is 0. The predicted molar refractivity (Wildman–Crippen MR) is 37.1 cm³/mol. The van der Waals surface area contributed by atoms with Gasteiger partial charge in [0, 0.05) is 0 Å². The highest BCUT2D eigenvalue weighted by Gasteiger charge is 2.10. The molecule has 0 atom stereocenters. The second-order valence-electron chi connectivity index (χ2n) is 1.97. The highest BCUT2D eigenvalue weighted by atomic mass is 16.5. The molecule has 1 rings (SSSR count). The number of rotatable bonds is 3. The molecule has 0 N–H and O–H groups in total. The average Bonchev–Trinajstić information content (AvgIpc) is 2.52. The third-order valence-corrected chi connectivity index (χ3v) is 1.04. The summed E-state index contributed by atoms with van der Waals surface area (Å²) < 4.78 is 9.45. The lowest BCUT2D eigenvalue weighted by atomic mass is 10.5. The minimum Gasteiger partial charge on any atom is -0.459 e. The van der Waals surface area contributed by atoms with Crippen LogP contribution in [-0.2, 0) is 4.74 Å². The lowest BCUT2D eigenvalue weighted by molar-refractivity contribution is 0.0459. The molecule has 0 amide bonds. The molecule has 4 heteroatoms. The van der Waals surface area contributed by atoms with Gasteiger partial charge in [-0.1, -0.05) is 6.92 Å². The van der Waals surface area contributed by atoms with E-state index in [1.54, 1.807) is 0 Å². The van der Waals surface area contributed by atoms with Crippen LogP contribution in [0.4, 0.5) is 0 Å². The van der Waals surface area contributed by atoms with Crippen molar-refractivity contribution in [1.29, 1.82) is 0 Å². The third-order valence-electron chi connectivity index (χ3n) is 1.04. The number of nitrogens with zero attached hydrogens (tertiary/aromatic N) is 1. The first-order valence-electron chi connectivity index (χ1n) is 3.41. The van der Waals surface area contributed by atoms with E-state index in [0.717, 1.165) is 6.42 Å². The highest BCUT2D eigenvalue weighted by molar-refractivity contribution is 5.83. The zero-order valence-electron chi connectivity index (χ0n) is 6.24. The van der Waals surface area contributed by atoms with Crippen molar-refractivity contribution < 1.29 is 13.9 Å². The number of esters is 1. The molecule has 0 spiro atoms. The van der Waals surface area contributed by atoms with Crippen LogP contribution in [0.1, 0.15) is 24.0 Å². The third kappa shape index (κ3) is 2.07. The number of carbonyl (C=O) groups excluding carboxylic acids is 1. The lowest BCUT2D eigenvalue weighted by Crippen LogP contribution is -2.05. The van der Waals surface area contributed by atoms with Crippen LogP contribution in [0, 0.1) is 0 Å². The maximum Gasteiger partial charge on any atom is 0.394 e. The van der Waals surface area contributed by atoms with E-state index in [2.05, 4.69) is 4.98 Å². The number of ether oxygens (including phenoxy) is 1. The van der Waals surface area contributed by atoms with Crippen molar-refractivity contribution in [2.24, 2.45) is 0 Å². The Morgan fingerprint density at radius 3 is 3.18 bits per heavy atom. The average molecular weight is 155 g/mol. The molecule has 60 valence electrons. The van der Waals surface area contributed by atoms with Gasteiger partial charge in [-0.25, -0.2) is 9.78 Å². The molecule has 0 aromatic carbocycles. The van der Waals surface area contributed by atoms with E-state index >= 15 is 0 Å². The van der Waals surface area contributed by atoms with Crippen molar-refractivity contribution in [3.05, 3.63) is 18.4 Å². The van der Waals surface area contributed by atoms with Crippen LogP contribution in [0.2, 0.25) is 0 Å². The van der Waals surface area contributed by atoms with Crippen molar-refractivity contribution in [2.75, 3.05) is 6.61 Å². The van der Waals surface area contributed by atoms with Crippen molar-refractivity contribution in [1.82, 2.24) is 4.98 Å². The van der Waals surface area contributed by atoms with Gasteiger partial charge in [0.25, 0.3) is 0 Å². The Bertz CT molecular complexity index is 218. The van der Waals surface area contributed by atoms with Gasteiger partial charge in [-0.15, -0.1) is 0 Å². The number of hydrogen-bond donors (Lipinski definition) is 0. The lowest BCUT2D eigenvalue weighted by Gasteiger charge is -1.96. The topological polar surface area (TPSA) is 52.3 Å². The van der Waals surface area contributed by atoms with Crippen LogP contribution in [0.25, 0.3) is 0 Å². The van der Waals surface area contributed by atoms with E-state index in [9.17, 15) is 4.79 Å². The Morgan fingerprint density at radius 1 is 1.82 bits per heavy atom. The smallest absolute Gasteiger partial charge is 0.394 e. The van der Waals surface area contributed by atoms with E-state index in [-0.39, 0.29) is 5.89 Å². The molecule has 0 saturated carbocycles. The molecular formula is C7H9NO3. The Kier molecular flexibility index (Phi) is 2.66. The van der Waals surface area contributed by atoms with Gasteiger partial charge in [-0.2, -0.15) is 0 Å². The van der Waals surface area contributed by atoms with Crippen LogP contribution in [-0.4, -0.2) is 17.6 Å². The molecule has 0 aliphatic heterocycles. The predicted octanol–water partition coefficient (Wildman–Crippen LogP) is 1.24. The second-order valence-corrected chi connectivity index (χ2v) is 1.97. The molecule has 1 aromatic heterocycles. The van der Waals surface area contributed by atoms with Gasteiger partial charge in [-0.05, 0) is 6.42 Å². The number of aromatic nitrogens is 1. The van der Waals surface area contributed by atoms with Crippen molar-refractivity contribution in [3.63, 3.8) is 0 Å². The van der Waals surface area contributed by atoms with Gasteiger partial charge in [-0.3, -0.25) is 0 Å². The quantitative estimate of drug-likeness (QED) is 0.616. The number of oxazole rings is 1. The molecular weight excluding hydrogens is 146 g/mol. The van der Waals surface area contributed by atoms with Crippen LogP contribution in [0.3, 0.4) is 0 Å². The summed E-state index contributed by atoms with van der Waals surface area (Å²) in [6.07, 6.45) is 3.54. The molecule has 11 heavy (non-hydrogen) atoms. The maximum atomic E-state index is 10.9. The van der Waals surface area contributed by atoms with E-state index in [1.807, 2.05) is 6.92 Å². The minimum absolute atomic E-state index is 0.0125. The Hall–Kier alpha value is -1.32. The molecule has 0 fully saturated rings. The zero-order valence-corrected chi connectivity index (χ0v) is 6.24. The van der Waals surface area contributed by atoms with Crippen LogP contribution in [0.15, 0.2) is 16.9 Å². The second kappa shape index (κ2) is 3.75. The van der Waals surface area contributed by atoms with Gasteiger partial charge in [0.2, 0.25) is 0 Å². The minimum atomic E-state index is -0.503. The van der Waals surface area contributed by atoms with Gasteiger partial charge in [0.1, 0.15) is 6.26 Å². The normalized spacial score (nSPS) is 9.55. The fourth-order valence-corrected chi connectivity index (χ4v) is 0.581. The zero-order chi connectivity index (χ0) is 8.10. The number of hydrogen-bond acceptors (Lipinski definition) is 4. The maximum absolute atomic E-state index is 10.9. The van der Waals surface area contributed by atoms with Crippen LogP contribution >= 0.6 is 0 Å². The van der Waals surface area contributed by atoms with Crippen molar-refractivity contribution in [2.45, 2.75) is 13.3 Å². The van der Waals surface area contributed by atoms with Gasteiger partial charge in [0.15, 0.2) is 0 Å². The first-order chi connectivity index (χ1) is 5.34. The summed E-state index contributed by atoms with van der Waals surface area (Å²) >= 11 is 0. The van der Waals surface area contributed by atoms with E-state index in [1.165, 1.54) is 12.5 Å². The molecule has 0 unspecified atom stereocenters. The van der Waals surface area contributed by atoms with Crippen LogP contribution in [0.5, 0.6) is 0 Å². The SMILES string of the molecule is CCCOC(=O)c1ncco1. The summed E-state index contributed by atoms with van der Waals surface area (Å²) in [6, 6.07) is 0. The van der Waals surface area contributed by atoms with Gasteiger partial charge < -0.3 is 9.15 Å². The van der Waals surface area contributed by atoms with Gasteiger partial charge >= 0.3 is 11.9 Å². The van der Waals surface area contributed by atoms with Gasteiger partial charge in [0.05, 0.1) is 12.8 Å². The van der Waals surface area contributed by atoms with E-state index in [0.29, 0.717) is 6.61 Å². The molecule has 0 aliphatic rings. The summed E-state index contributed by atoms with van der Waals surface area (Å²) in [6.45, 7) is 2.32. The molecule has 4 nitrogen and oxygen atoms in total. The van der Waals surface area contributed by atoms with E-state index in [4.69, 9.17) is 9.15 Å².